The van der Waals surface area contributed by atoms with E-state index in [9.17, 15) is 19.2 Å². The summed E-state index contributed by atoms with van der Waals surface area (Å²) in [5, 5.41) is 5.76. The van der Waals surface area contributed by atoms with Crippen LogP contribution in [0.3, 0.4) is 0 Å². The highest BCUT2D eigenvalue weighted by molar-refractivity contribution is 6.04. The first-order valence-electron chi connectivity index (χ1n) is 10.7. The Hall–Kier alpha value is -4.60. The summed E-state index contributed by atoms with van der Waals surface area (Å²) >= 11 is 0. The molecule has 3 heterocycles. The average Bonchev–Trinajstić information content (AvgIpc) is 2.85. The van der Waals surface area contributed by atoms with Gasteiger partial charge in [-0.15, -0.1) is 0 Å². The van der Waals surface area contributed by atoms with Gasteiger partial charge in [0, 0.05) is 42.9 Å². The second-order valence-corrected chi connectivity index (χ2v) is 7.58. The van der Waals surface area contributed by atoms with Gasteiger partial charge in [-0.2, -0.15) is 0 Å². The molecule has 0 aliphatic carbocycles. The summed E-state index contributed by atoms with van der Waals surface area (Å²) in [6, 6.07) is 11.7. The Morgan fingerprint density at radius 2 is 1.82 bits per heavy atom. The molecule has 0 radical (unpaired) electrons. The molecule has 0 fully saturated rings. The average molecular weight is 458 g/mol. The summed E-state index contributed by atoms with van der Waals surface area (Å²) < 4.78 is 1.38. The Labute approximate surface area is 193 Å². The van der Waals surface area contributed by atoms with Gasteiger partial charge in [0.05, 0.1) is 10.9 Å². The van der Waals surface area contributed by atoms with Crippen molar-refractivity contribution in [2.45, 2.75) is 26.4 Å². The van der Waals surface area contributed by atoms with E-state index in [-0.39, 0.29) is 29.0 Å². The molecule has 4 aromatic rings. The fraction of sp³-hybridized carbons (Fsp3) is 0.167. The molecule has 10 nitrogen and oxygen atoms in total. The molecule has 172 valence electrons. The van der Waals surface area contributed by atoms with Crippen LogP contribution in [0.5, 0.6) is 0 Å². The fourth-order valence-electron chi connectivity index (χ4n) is 3.47. The lowest BCUT2D eigenvalue weighted by Gasteiger charge is -2.10. The van der Waals surface area contributed by atoms with Crippen molar-refractivity contribution in [2.24, 2.45) is 0 Å². The number of aromatic nitrogens is 4. The molecule has 2 amide bonds. The summed E-state index contributed by atoms with van der Waals surface area (Å²) in [4.78, 5) is 59.7. The Bertz CT molecular complexity index is 1480. The van der Waals surface area contributed by atoms with Gasteiger partial charge >= 0.3 is 5.69 Å². The van der Waals surface area contributed by atoms with Gasteiger partial charge in [-0.1, -0.05) is 19.1 Å². The summed E-state index contributed by atoms with van der Waals surface area (Å²) in [5.74, 6) is -0.689. The number of pyridine rings is 2. The molecule has 0 aliphatic heterocycles. The number of anilines is 1. The van der Waals surface area contributed by atoms with Crippen molar-refractivity contribution in [3.05, 3.63) is 98.6 Å². The number of carbonyl (C=O) groups is 2. The van der Waals surface area contributed by atoms with Crippen LogP contribution in [-0.2, 0) is 13.1 Å². The van der Waals surface area contributed by atoms with E-state index in [2.05, 4.69) is 25.6 Å². The van der Waals surface area contributed by atoms with Gasteiger partial charge in [0.25, 0.3) is 17.4 Å². The molecule has 3 aromatic heterocycles. The van der Waals surface area contributed by atoms with Crippen molar-refractivity contribution >= 4 is 28.5 Å². The molecule has 10 heteroatoms. The predicted molar refractivity (Wildman–Crippen MR) is 127 cm³/mol. The van der Waals surface area contributed by atoms with Crippen molar-refractivity contribution in [1.29, 1.82) is 0 Å². The molecule has 0 saturated heterocycles. The third-order valence-electron chi connectivity index (χ3n) is 5.12. The number of fused-ring (bicyclic) bond motifs is 1. The number of carbonyl (C=O) groups excluding carboxylic acids is 2. The monoisotopic (exact) mass is 458 g/mol. The summed E-state index contributed by atoms with van der Waals surface area (Å²) in [5.41, 5.74) is 1.15. The number of aryl methyl sites for hydroxylation is 1. The van der Waals surface area contributed by atoms with Crippen molar-refractivity contribution < 1.29 is 9.59 Å². The Kier molecular flexibility index (Phi) is 6.58. The number of benzene rings is 1. The molecule has 0 bridgehead atoms. The number of rotatable bonds is 7. The molecule has 0 atom stereocenters. The van der Waals surface area contributed by atoms with Crippen LogP contribution >= 0.6 is 0 Å². The van der Waals surface area contributed by atoms with E-state index in [1.165, 1.54) is 16.8 Å². The van der Waals surface area contributed by atoms with Crippen LogP contribution in [0.15, 0.2) is 70.6 Å². The number of H-pyrrole nitrogens is 1. The van der Waals surface area contributed by atoms with Crippen LogP contribution in [0, 0.1) is 0 Å². The molecular formula is C24H22N6O4. The minimum absolute atomic E-state index is 0.168. The Balaban J connectivity index is 1.47. The van der Waals surface area contributed by atoms with Crippen LogP contribution in [0.1, 0.15) is 39.6 Å². The van der Waals surface area contributed by atoms with Gasteiger partial charge in [0.2, 0.25) is 0 Å². The Morgan fingerprint density at radius 1 is 1.03 bits per heavy atom. The standard InChI is InChI=1S/C24H22N6O4/c1-2-10-30-20-19(23(33)29-24(30)34)12-17(14-26-20)21(31)27-13-15-4-3-5-18(11-15)28-22(32)16-6-8-25-9-7-16/h3-9,11-12,14H,2,10,13H2,1H3,(H,27,31)(H,28,32)(H,29,33,34). The predicted octanol–water partition coefficient (Wildman–Crippen LogP) is 2.07. The topological polar surface area (TPSA) is 139 Å². The van der Waals surface area contributed by atoms with Crippen LogP contribution < -0.4 is 21.9 Å². The van der Waals surface area contributed by atoms with E-state index in [1.807, 2.05) is 13.0 Å². The van der Waals surface area contributed by atoms with Gasteiger partial charge in [-0.3, -0.25) is 28.9 Å². The summed E-state index contributed by atoms with van der Waals surface area (Å²) in [6.07, 6.45) is 5.11. The van der Waals surface area contributed by atoms with E-state index in [0.29, 0.717) is 24.2 Å². The Morgan fingerprint density at radius 3 is 2.59 bits per heavy atom. The molecule has 3 N–H and O–H groups in total. The third-order valence-corrected chi connectivity index (χ3v) is 5.12. The van der Waals surface area contributed by atoms with Crippen LogP contribution in [-0.4, -0.2) is 31.3 Å². The second kappa shape index (κ2) is 9.90. The van der Waals surface area contributed by atoms with E-state index < -0.39 is 17.2 Å². The smallest absolute Gasteiger partial charge is 0.329 e. The quantitative estimate of drug-likeness (QED) is 0.387. The number of nitrogens with one attached hydrogen (secondary N) is 3. The van der Waals surface area contributed by atoms with Gasteiger partial charge < -0.3 is 10.6 Å². The molecule has 4 rings (SSSR count). The lowest BCUT2D eigenvalue weighted by molar-refractivity contribution is 0.0949. The van der Waals surface area contributed by atoms with Crippen molar-refractivity contribution in [1.82, 2.24) is 24.8 Å². The zero-order valence-electron chi connectivity index (χ0n) is 18.4. The van der Waals surface area contributed by atoms with Gasteiger partial charge in [0.15, 0.2) is 0 Å². The maximum absolute atomic E-state index is 12.7. The first kappa shape index (κ1) is 22.6. The normalized spacial score (nSPS) is 10.7. The van der Waals surface area contributed by atoms with Crippen LogP contribution in [0.4, 0.5) is 5.69 Å². The molecule has 0 saturated carbocycles. The van der Waals surface area contributed by atoms with Crippen LogP contribution in [0.2, 0.25) is 0 Å². The SMILES string of the molecule is CCCn1c(=O)[nH]c(=O)c2cc(C(=O)NCc3cccc(NC(=O)c4ccncc4)c3)cnc21. The van der Waals surface area contributed by atoms with E-state index in [0.717, 1.165) is 5.56 Å². The molecule has 34 heavy (non-hydrogen) atoms. The second-order valence-electron chi connectivity index (χ2n) is 7.58. The molecule has 0 unspecified atom stereocenters. The molecule has 0 aliphatic rings. The van der Waals surface area contributed by atoms with Crippen LogP contribution in [0.25, 0.3) is 11.0 Å². The summed E-state index contributed by atoms with van der Waals surface area (Å²) in [7, 11) is 0. The highest BCUT2D eigenvalue weighted by Gasteiger charge is 2.13. The maximum Gasteiger partial charge on any atom is 0.329 e. The molecule has 0 spiro atoms. The first-order chi connectivity index (χ1) is 16.5. The lowest BCUT2D eigenvalue weighted by Crippen LogP contribution is -2.31. The highest BCUT2D eigenvalue weighted by atomic mass is 16.2. The number of aromatic amines is 1. The van der Waals surface area contributed by atoms with E-state index in [4.69, 9.17) is 0 Å². The molecule has 1 aromatic carbocycles. The minimum Gasteiger partial charge on any atom is -0.348 e. The summed E-state index contributed by atoms with van der Waals surface area (Å²) in [6.45, 7) is 2.50. The van der Waals surface area contributed by atoms with Gasteiger partial charge in [0.1, 0.15) is 5.65 Å². The van der Waals surface area contributed by atoms with Crippen molar-refractivity contribution in [2.75, 3.05) is 5.32 Å². The van der Waals surface area contributed by atoms with E-state index >= 15 is 0 Å². The van der Waals surface area contributed by atoms with Crippen molar-refractivity contribution in [3.8, 4) is 0 Å². The van der Waals surface area contributed by atoms with Gasteiger partial charge in [-0.05, 0) is 42.3 Å². The number of hydrogen-bond acceptors (Lipinski definition) is 6. The van der Waals surface area contributed by atoms with Gasteiger partial charge in [-0.25, -0.2) is 9.78 Å². The highest BCUT2D eigenvalue weighted by Crippen LogP contribution is 2.13. The first-order valence-corrected chi connectivity index (χ1v) is 10.7. The number of amides is 2. The molecular weight excluding hydrogens is 436 g/mol. The zero-order valence-corrected chi connectivity index (χ0v) is 18.4. The lowest BCUT2D eigenvalue weighted by atomic mass is 10.1. The van der Waals surface area contributed by atoms with Crippen molar-refractivity contribution in [3.63, 3.8) is 0 Å². The minimum atomic E-state index is -0.591. The van der Waals surface area contributed by atoms with E-state index in [1.54, 1.807) is 42.7 Å². The zero-order chi connectivity index (χ0) is 24.1. The third kappa shape index (κ3) is 4.90. The number of nitrogens with zero attached hydrogens (tertiary/aromatic N) is 3. The largest absolute Gasteiger partial charge is 0.348 e. The maximum atomic E-state index is 12.7. The number of hydrogen-bond donors (Lipinski definition) is 3. The fourth-order valence-corrected chi connectivity index (χ4v) is 3.47.